The number of rotatable bonds is 3. The zero-order valence-corrected chi connectivity index (χ0v) is 10.2. The SMILES string of the molecule is NCc1cc(C(=O)Nc2cc(F)c(F)cc2F)ccn1. The minimum absolute atomic E-state index is 0.140. The Morgan fingerprint density at radius 3 is 2.55 bits per heavy atom. The Balaban J connectivity index is 2.25. The molecular weight excluding hydrogens is 271 g/mol. The molecule has 1 amide bonds. The maximum absolute atomic E-state index is 13.4. The molecule has 4 nitrogen and oxygen atoms in total. The Labute approximate surface area is 112 Å². The van der Waals surface area contributed by atoms with Gasteiger partial charge in [-0.3, -0.25) is 9.78 Å². The van der Waals surface area contributed by atoms with E-state index >= 15 is 0 Å². The van der Waals surface area contributed by atoms with Gasteiger partial charge in [0.05, 0.1) is 11.4 Å². The zero-order valence-electron chi connectivity index (χ0n) is 10.2. The van der Waals surface area contributed by atoms with Gasteiger partial charge in [0.2, 0.25) is 0 Å². The van der Waals surface area contributed by atoms with Crippen molar-refractivity contribution in [3.8, 4) is 0 Å². The average molecular weight is 281 g/mol. The molecule has 0 aliphatic heterocycles. The predicted octanol–water partition coefficient (Wildman–Crippen LogP) is 2.21. The van der Waals surface area contributed by atoms with Crippen molar-refractivity contribution in [2.45, 2.75) is 6.54 Å². The van der Waals surface area contributed by atoms with E-state index in [0.717, 1.165) is 0 Å². The third kappa shape index (κ3) is 2.94. The van der Waals surface area contributed by atoms with Crippen LogP contribution in [0.2, 0.25) is 0 Å². The van der Waals surface area contributed by atoms with E-state index in [1.54, 1.807) is 0 Å². The first-order valence-corrected chi connectivity index (χ1v) is 5.62. The summed E-state index contributed by atoms with van der Waals surface area (Å²) in [6.45, 7) is 0.140. The Kier molecular flexibility index (Phi) is 3.99. The lowest BCUT2D eigenvalue weighted by Crippen LogP contribution is -2.14. The number of anilines is 1. The first kappa shape index (κ1) is 14.0. The monoisotopic (exact) mass is 281 g/mol. The number of benzene rings is 1. The fourth-order valence-corrected chi connectivity index (χ4v) is 1.54. The maximum Gasteiger partial charge on any atom is 0.255 e. The lowest BCUT2D eigenvalue weighted by molar-refractivity contribution is 0.102. The number of carbonyl (C=O) groups is 1. The highest BCUT2D eigenvalue weighted by Gasteiger charge is 2.13. The quantitative estimate of drug-likeness (QED) is 0.847. The van der Waals surface area contributed by atoms with Gasteiger partial charge in [-0.25, -0.2) is 13.2 Å². The number of pyridine rings is 1. The van der Waals surface area contributed by atoms with E-state index in [1.807, 2.05) is 0 Å². The van der Waals surface area contributed by atoms with E-state index in [1.165, 1.54) is 18.3 Å². The highest BCUT2D eigenvalue weighted by atomic mass is 19.2. The number of hydrogen-bond donors (Lipinski definition) is 2. The van der Waals surface area contributed by atoms with Gasteiger partial charge in [-0.15, -0.1) is 0 Å². The fourth-order valence-electron chi connectivity index (χ4n) is 1.54. The van der Waals surface area contributed by atoms with E-state index in [-0.39, 0.29) is 12.1 Å². The van der Waals surface area contributed by atoms with Gasteiger partial charge in [-0.1, -0.05) is 0 Å². The topological polar surface area (TPSA) is 68.0 Å². The summed E-state index contributed by atoms with van der Waals surface area (Å²) in [5.74, 6) is -4.31. The summed E-state index contributed by atoms with van der Waals surface area (Å²) in [5, 5.41) is 2.16. The molecule has 0 aliphatic rings. The number of nitrogens with two attached hydrogens (primary N) is 1. The summed E-state index contributed by atoms with van der Waals surface area (Å²) in [6, 6.07) is 3.76. The molecule has 1 aromatic carbocycles. The highest BCUT2D eigenvalue weighted by molar-refractivity contribution is 6.04. The van der Waals surface area contributed by atoms with E-state index in [2.05, 4.69) is 10.3 Å². The number of nitrogens with one attached hydrogen (secondary N) is 1. The van der Waals surface area contributed by atoms with Crippen LogP contribution in [0.1, 0.15) is 16.1 Å². The van der Waals surface area contributed by atoms with Crippen molar-refractivity contribution in [1.82, 2.24) is 4.98 Å². The minimum Gasteiger partial charge on any atom is -0.325 e. The lowest BCUT2D eigenvalue weighted by atomic mass is 10.2. The molecule has 0 fully saturated rings. The summed E-state index contributed by atoms with van der Waals surface area (Å²) in [6.07, 6.45) is 1.37. The summed E-state index contributed by atoms with van der Waals surface area (Å²) in [7, 11) is 0. The van der Waals surface area contributed by atoms with Crippen molar-refractivity contribution in [3.05, 3.63) is 59.2 Å². The van der Waals surface area contributed by atoms with E-state index in [9.17, 15) is 18.0 Å². The van der Waals surface area contributed by atoms with Crippen LogP contribution in [0.5, 0.6) is 0 Å². The zero-order chi connectivity index (χ0) is 14.7. The number of amides is 1. The molecule has 104 valence electrons. The lowest BCUT2D eigenvalue weighted by Gasteiger charge is -2.07. The molecule has 1 heterocycles. The smallest absolute Gasteiger partial charge is 0.255 e. The van der Waals surface area contributed by atoms with Gasteiger partial charge in [0.15, 0.2) is 11.6 Å². The maximum atomic E-state index is 13.4. The molecule has 0 saturated heterocycles. The Bertz CT molecular complexity index is 661. The van der Waals surface area contributed by atoms with Gasteiger partial charge in [0.25, 0.3) is 5.91 Å². The molecule has 0 aliphatic carbocycles. The van der Waals surface area contributed by atoms with Crippen LogP contribution in [0.25, 0.3) is 0 Å². The third-order valence-corrected chi connectivity index (χ3v) is 2.55. The summed E-state index contributed by atoms with van der Waals surface area (Å²) in [4.78, 5) is 15.8. The van der Waals surface area contributed by atoms with Crippen LogP contribution in [-0.4, -0.2) is 10.9 Å². The van der Waals surface area contributed by atoms with Gasteiger partial charge in [0.1, 0.15) is 5.82 Å². The van der Waals surface area contributed by atoms with Crippen molar-refractivity contribution in [2.24, 2.45) is 5.73 Å². The number of halogens is 3. The van der Waals surface area contributed by atoms with Crippen molar-refractivity contribution >= 4 is 11.6 Å². The molecule has 0 radical (unpaired) electrons. The molecule has 7 heteroatoms. The second-order valence-corrected chi connectivity index (χ2v) is 3.94. The van der Waals surface area contributed by atoms with Gasteiger partial charge >= 0.3 is 0 Å². The van der Waals surface area contributed by atoms with Crippen LogP contribution in [0.3, 0.4) is 0 Å². The standard InChI is InChI=1S/C13H10F3N3O/c14-9-4-11(16)12(5-10(9)15)19-13(20)7-1-2-18-8(3-7)6-17/h1-5H,6,17H2,(H,19,20). The molecule has 0 unspecified atom stereocenters. The van der Waals surface area contributed by atoms with Gasteiger partial charge < -0.3 is 11.1 Å². The normalized spacial score (nSPS) is 10.4. The molecule has 2 rings (SSSR count). The van der Waals surface area contributed by atoms with Crippen LogP contribution in [0.4, 0.5) is 18.9 Å². The predicted molar refractivity (Wildman–Crippen MR) is 66.4 cm³/mol. The van der Waals surface area contributed by atoms with Gasteiger partial charge in [-0.2, -0.15) is 0 Å². The molecule has 0 atom stereocenters. The third-order valence-electron chi connectivity index (χ3n) is 2.55. The first-order valence-electron chi connectivity index (χ1n) is 5.62. The van der Waals surface area contributed by atoms with Crippen LogP contribution in [-0.2, 0) is 6.54 Å². The molecule has 1 aromatic heterocycles. The minimum atomic E-state index is -1.32. The summed E-state index contributed by atoms with van der Waals surface area (Å²) < 4.78 is 39.2. The molecular formula is C13H10F3N3O. The fraction of sp³-hybridized carbons (Fsp3) is 0.0769. The van der Waals surface area contributed by atoms with Crippen LogP contribution < -0.4 is 11.1 Å². The van der Waals surface area contributed by atoms with Crippen molar-refractivity contribution in [1.29, 1.82) is 0 Å². The second-order valence-electron chi connectivity index (χ2n) is 3.94. The Morgan fingerprint density at radius 1 is 1.15 bits per heavy atom. The Hall–Kier alpha value is -2.41. The van der Waals surface area contributed by atoms with Crippen LogP contribution in [0, 0.1) is 17.5 Å². The first-order chi connectivity index (χ1) is 9.51. The average Bonchev–Trinajstić information content (AvgIpc) is 2.44. The highest BCUT2D eigenvalue weighted by Crippen LogP contribution is 2.19. The number of nitrogens with zero attached hydrogens (tertiary/aromatic N) is 1. The van der Waals surface area contributed by atoms with Crippen LogP contribution >= 0.6 is 0 Å². The number of aromatic nitrogens is 1. The molecule has 20 heavy (non-hydrogen) atoms. The van der Waals surface area contributed by atoms with E-state index in [0.29, 0.717) is 17.8 Å². The molecule has 0 bridgehead atoms. The van der Waals surface area contributed by atoms with E-state index in [4.69, 9.17) is 5.73 Å². The van der Waals surface area contributed by atoms with Crippen molar-refractivity contribution in [2.75, 3.05) is 5.32 Å². The van der Waals surface area contributed by atoms with Gasteiger partial charge in [-0.05, 0) is 12.1 Å². The molecule has 0 saturated carbocycles. The number of hydrogen-bond acceptors (Lipinski definition) is 3. The van der Waals surface area contributed by atoms with Crippen molar-refractivity contribution < 1.29 is 18.0 Å². The summed E-state index contributed by atoms with van der Waals surface area (Å²) >= 11 is 0. The largest absolute Gasteiger partial charge is 0.325 e. The van der Waals surface area contributed by atoms with Crippen molar-refractivity contribution in [3.63, 3.8) is 0 Å². The second kappa shape index (κ2) is 5.70. The molecule has 0 spiro atoms. The Morgan fingerprint density at radius 2 is 1.85 bits per heavy atom. The van der Waals surface area contributed by atoms with E-state index < -0.39 is 29.0 Å². The van der Waals surface area contributed by atoms with Crippen LogP contribution in [0.15, 0.2) is 30.5 Å². The van der Waals surface area contributed by atoms with Gasteiger partial charge in [0, 0.05) is 30.4 Å². The molecule has 3 N–H and O–H groups in total. The summed E-state index contributed by atoms with van der Waals surface area (Å²) in [5.41, 5.74) is 5.60. The molecule has 2 aromatic rings. The number of carbonyl (C=O) groups excluding carboxylic acids is 1.